The predicted octanol–water partition coefficient (Wildman–Crippen LogP) is 0.208. The summed E-state index contributed by atoms with van der Waals surface area (Å²) in [5.41, 5.74) is 0.133. The van der Waals surface area contributed by atoms with Gasteiger partial charge in [0.15, 0.2) is 0 Å². The van der Waals surface area contributed by atoms with Crippen LogP contribution in [0.3, 0.4) is 0 Å². The number of ether oxygens (including phenoxy) is 1. The molecular formula is C12H18N2O7S2. The number of hydrogen-bond donors (Lipinski definition) is 3. The topological polar surface area (TPSA) is 139 Å². The van der Waals surface area contributed by atoms with Crippen molar-refractivity contribution in [1.29, 1.82) is 0 Å². The van der Waals surface area contributed by atoms with Crippen molar-refractivity contribution in [2.45, 2.75) is 24.8 Å². The van der Waals surface area contributed by atoms with Crippen LogP contribution in [0.4, 0.5) is 5.69 Å². The van der Waals surface area contributed by atoms with Gasteiger partial charge >= 0.3 is 5.97 Å². The molecule has 130 valence electrons. The second kappa shape index (κ2) is 7.15. The Labute approximate surface area is 134 Å². The summed E-state index contributed by atoms with van der Waals surface area (Å²) in [5, 5.41) is 8.78. The van der Waals surface area contributed by atoms with E-state index in [1.165, 1.54) is 33.1 Å². The molecule has 0 amide bonds. The van der Waals surface area contributed by atoms with E-state index in [1.54, 1.807) is 0 Å². The summed E-state index contributed by atoms with van der Waals surface area (Å²) in [6.45, 7) is 2.63. The van der Waals surface area contributed by atoms with Crippen molar-refractivity contribution < 1.29 is 31.5 Å². The van der Waals surface area contributed by atoms with Crippen molar-refractivity contribution in [3.63, 3.8) is 0 Å². The van der Waals surface area contributed by atoms with E-state index in [4.69, 9.17) is 9.84 Å². The Hall–Kier alpha value is -1.85. The fourth-order valence-electron chi connectivity index (χ4n) is 1.55. The molecule has 0 unspecified atom stereocenters. The molecule has 0 heterocycles. The van der Waals surface area contributed by atoms with Gasteiger partial charge in [-0.25, -0.2) is 16.8 Å². The van der Waals surface area contributed by atoms with Crippen molar-refractivity contribution in [2.75, 3.05) is 17.6 Å². The number of carboxylic acids is 1. The van der Waals surface area contributed by atoms with Crippen LogP contribution in [0.2, 0.25) is 0 Å². The molecule has 0 radical (unpaired) electrons. The fraction of sp³-hybridized carbons (Fsp3) is 0.417. The largest absolute Gasteiger partial charge is 0.495 e. The lowest BCUT2D eigenvalue weighted by atomic mass is 10.3. The Balaban J connectivity index is 3.21. The first-order chi connectivity index (χ1) is 10.5. The molecule has 1 aromatic carbocycles. The van der Waals surface area contributed by atoms with Gasteiger partial charge in [0.05, 0.1) is 18.6 Å². The molecule has 0 bridgehead atoms. The van der Waals surface area contributed by atoms with Crippen LogP contribution < -0.4 is 14.2 Å². The third-order valence-corrected chi connectivity index (χ3v) is 5.70. The average Bonchev–Trinajstić information content (AvgIpc) is 2.45. The summed E-state index contributed by atoms with van der Waals surface area (Å²) < 4.78 is 56.6. The highest BCUT2D eigenvalue weighted by Crippen LogP contribution is 2.27. The van der Waals surface area contributed by atoms with E-state index < -0.39 is 32.1 Å². The number of nitrogens with one attached hydrogen (secondary N) is 2. The minimum absolute atomic E-state index is 0.119. The monoisotopic (exact) mass is 366 g/mol. The van der Waals surface area contributed by atoms with Crippen LogP contribution in [0, 0.1) is 0 Å². The number of sulfonamides is 2. The zero-order valence-electron chi connectivity index (χ0n) is 12.7. The van der Waals surface area contributed by atoms with Gasteiger partial charge < -0.3 is 9.84 Å². The quantitative estimate of drug-likeness (QED) is 0.597. The second-order valence-corrected chi connectivity index (χ2v) is 8.25. The van der Waals surface area contributed by atoms with Crippen LogP contribution in [-0.4, -0.2) is 46.8 Å². The third kappa shape index (κ3) is 5.08. The van der Waals surface area contributed by atoms with Crippen molar-refractivity contribution in [2.24, 2.45) is 0 Å². The molecule has 0 saturated heterocycles. The van der Waals surface area contributed by atoms with Crippen molar-refractivity contribution in [1.82, 2.24) is 4.72 Å². The van der Waals surface area contributed by atoms with Gasteiger partial charge in [0.25, 0.3) is 0 Å². The van der Waals surface area contributed by atoms with Crippen LogP contribution in [-0.2, 0) is 24.8 Å². The van der Waals surface area contributed by atoms with Crippen molar-refractivity contribution in [3.05, 3.63) is 18.2 Å². The third-order valence-electron chi connectivity index (χ3n) is 2.81. The lowest BCUT2D eigenvalue weighted by Gasteiger charge is -2.14. The van der Waals surface area contributed by atoms with E-state index in [1.807, 2.05) is 4.72 Å². The minimum Gasteiger partial charge on any atom is -0.495 e. The summed E-state index contributed by atoms with van der Waals surface area (Å²) in [4.78, 5) is 10.5. The molecule has 1 atom stereocenters. The Morgan fingerprint density at radius 1 is 1.30 bits per heavy atom. The maximum absolute atomic E-state index is 12.2. The standard InChI is InChI=1S/C12H18N2O7S2/c1-4-22(17,18)14-9-5-6-11(10(7-9)21-3)23(19,20)13-8(2)12(15)16/h5-8,13-14H,4H2,1-3H3,(H,15,16)/t8-/m0/s1. The molecule has 11 heteroatoms. The van der Waals surface area contributed by atoms with Gasteiger partial charge in [-0.15, -0.1) is 0 Å². The number of hydrogen-bond acceptors (Lipinski definition) is 6. The number of anilines is 1. The Bertz CT molecular complexity index is 788. The number of carbonyl (C=O) groups is 1. The molecule has 0 saturated carbocycles. The molecule has 1 rings (SSSR count). The SMILES string of the molecule is CCS(=O)(=O)Nc1ccc(S(=O)(=O)N[C@@H](C)C(=O)O)c(OC)c1. The number of rotatable bonds is 8. The van der Waals surface area contributed by atoms with Crippen LogP contribution in [0.5, 0.6) is 5.75 Å². The Kier molecular flexibility index (Phi) is 5.97. The van der Waals surface area contributed by atoms with E-state index in [0.717, 1.165) is 6.07 Å². The van der Waals surface area contributed by atoms with Crippen molar-refractivity contribution >= 4 is 31.7 Å². The lowest BCUT2D eigenvalue weighted by molar-refractivity contribution is -0.138. The van der Waals surface area contributed by atoms with Gasteiger partial charge in [-0.3, -0.25) is 9.52 Å². The van der Waals surface area contributed by atoms with E-state index in [2.05, 4.69) is 4.72 Å². The van der Waals surface area contributed by atoms with Crippen LogP contribution in [0.15, 0.2) is 23.1 Å². The van der Waals surface area contributed by atoms with Crippen LogP contribution >= 0.6 is 0 Å². The summed E-state index contributed by atoms with van der Waals surface area (Å²) >= 11 is 0. The van der Waals surface area contributed by atoms with Crippen LogP contribution in [0.1, 0.15) is 13.8 Å². The van der Waals surface area contributed by atoms with E-state index >= 15 is 0 Å². The van der Waals surface area contributed by atoms with Gasteiger partial charge in [-0.05, 0) is 26.0 Å². The smallest absolute Gasteiger partial charge is 0.321 e. The Morgan fingerprint density at radius 3 is 2.39 bits per heavy atom. The predicted molar refractivity (Wildman–Crippen MR) is 83.5 cm³/mol. The lowest BCUT2D eigenvalue weighted by Crippen LogP contribution is -2.38. The van der Waals surface area contributed by atoms with Gasteiger partial charge in [0.1, 0.15) is 16.7 Å². The van der Waals surface area contributed by atoms with Gasteiger partial charge in [-0.2, -0.15) is 4.72 Å². The second-order valence-electron chi connectivity index (χ2n) is 4.55. The zero-order chi connectivity index (χ0) is 17.8. The maximum atomic E-state index is 12.2. The normalized spacial score (nSPS) is 13.3. The van der Waals surface area contributed by atoms with Gasteiger partial charge in [0, 0.05) is 6.07 Å². The van der Waals surface area contributed by atoms with E-state index in [9.17, 15) is 21.6 Å². The summed E-state index contributed by atoms with van der Waals surface area (Å²) in [7, 11) is -6.46. The highest BCUT2D eigenvalue weighted by atomic mass is 32.2. The molecule has 3 N–H and O–H groups in total. The molecule has 0 aliphatic carbocycles. The first-order valence-corrected chi connectivity index (χ1v) is 9.59. The fourth-order valence-corrected chi connectivity index (χ4v) is 3.53. The number of carboxylic acid groups (broad SMARTS) is 1. The molecule has 23 heavy (non-hydrogen) atoms. The Morgan fingerprint density at radius 2 is 1.91 bits per heavy atom. The summed E-state index contributed by atoms with van der Waals surface area (Å²) in [5.74, 6) is -1.60. The zero-order valence-corrected chi connectivity index (χ0v) is 14.4. The minimum atomic E-state index is -4.15. The molecule has 0 spiro atoms. The molecule has 0 fully saturated rings. The highest BCUT2D eigenvalue weighted by Gasteiger charge is 2.25. The maximum Gasteiger partial charge on any atom is 0.321 e. The van der Waals surface area contributed by atoms with Crippen molar-refractivity contribution in [3.8, 4) is 5.75 Å². The molecule has 0 aromatic heterocycles. The first-order valence-electron chi connectivity index (χ1n) is 6.46. The molecular weight excluding hydrogens is 348 g/mol. The van der Waals surface area contributed by atoms with E-state index in [0.29, 0.717) is 0 Å². The summed E-state index contributed by atoms with van der Waals surface area (Å²) in [6.07, 6.45) is 0. The molecule has 9 nitrogen and oxygen atoms in total. The molecule has 0 aliphatic rings. The first kappa shape index (κ1) is 19.2. The molecule has 0 aliphatic heterocycles. The highest BCUT2D eigenvalue weighted by molar-refractivity contribution is 7.92. The van der Waals surface area contributed by atoms with Crippen LogP contribution in [0.25, 0.3) is 0 Å². The number of aliphatic carboxylic acids is 1. The molecule has 1 aromatic rings. The summed E-state index contributed by atoms with van der Waals surface area (Å²) in [6, 6.07) is 2.25. The number of benzene rings is 1. The number of methoxy groups -OCH3 is 1. The van der Waals surface area contributed by atoms with E-state index in [-0.39, 0.29) is 22.1 Å². The van der Waals surface area contributed by atoms with Gasteiger partial charge in [0.2, 0.25) is 20.0 Å². The average molecular weight is 366 g/mol. The van der Waals surface area contributed by atoms with Gasteiger partial charge in [-0.1, -0.05) is 0 Å².